The highest BCUT2D eigenvalue weighted by molar-refractivity contribution is 6.31. The minimum atomic E-state index is -0.318. The second-order valence-electron chi connectivity index (χ2n) is 6.56. The molecular weight excluding hydrogens is 370 g/mol. The lowest BCUT2D eigenvalue weighted by Gasteiger charge is -2.32. The molecule has 148 valence electrons. The van der Waals surface area contributed by atoms with Crippen molar-refractivity contribution in [1.29, 1.82) is 0 Å². The van der Waals surface area contributed by atoms with Crippen LogP contribution in [0.4, 0.5) is 10.5 Å². The average molecular weight is 396 g/mol. The van der Waals surface area contributed by atoms with Crippen LogP contribution in [-0.4, -0.2) is 55.1 Å². The number of anilines is 1. The van der Waals surface area contributed by atoms with Gasteiger partial charge in [-0.15, -0.1) is 0 Å². The minimum Gasteiger partial charge on any atom is -0.450 e. The first-order chi connectivity index (χ1) is 12.8. The van der Waals surface area contributed by atoms with Crippen molar-refractivity contribution in [3.8, 4) is 0 Å². The second kappa shape index (κ2) is 9.60. The summed E-state index contributed by atoms with van der Waals surface area (Å²) in [5.74, 6) is -0.466. The van der Waals surface area contributed by atoms with E-state index in [9.17, 15) is 14.4 Å². The van der Waals surface area contributed by atoms with Gasteiger partial charge in [0, 0.05) is 36.8 Å². The van der Waals surface area contributed by atoms with Crippen molar-refractivity contribution >= 4 is 35.2 Å². The van der Waals surface area contributed by atoms with E-state index >= 15 is 0 Å². The Morgan fingerprint density at radius 2 is 1.96 bits per heavy atom. The first kappa shape index (κ1) is 21.0. The molecule has 0 radical (unpaired) electrons. The van der Waals surface area contributed by atoms with Gasteiger partial charge in [-0.1, -0.05) is 17.7 Å². The molecule has 1 saturated heterocycles. The summed E-state index contributed by atoms with van der Waals surface area (Å²) in [6, 6.07) is 5.22. The predicted molar refractivity (Wildman–Crippen MR) is 104 cm³/mol. The summed E-state index contributed by atoms with van der Waals surface area (Å²) >= 11 is 6.04. The van der Waals surface area contributed by atoms with Crippen molar-refractivity contribution in [3.05, 3.63) is 28.8 Å². The van der Waals surface area contributed by atoms with E-state index in [4.69, 9.17) is 16.3 Å². The Kier molecular flexibility index (Phi) is 7.47. The van der Waals surface area contributed by atoms with Crippen molar-refractivity contribution in [1.82, 2.24) is 10.2 Å². The van der Waals surface area contributed by atoms with Gasteiger partial charge in [0.2, 0.25) is 11.8 Å². The lowest BCUT2D eigenvalue weighted by Crippen LogP contribution is -2.49. The number of likely N-dealkylation sites (tertiary alicyclic amines) is 1. The summed E-state index contributed by atoms with van der Waals surface area (Å²) in [5, 5.41) is 3.46. The van der Waals surface area contributed by atoms with Gasteiger partial charge < -0.3 is 19.9 Å². The Labute approximate surface area is 164 Å². The molecule has 0 atom stereocenters. The molecule has 0 aliphatic carbocycles. The van der Waals surface area contributed by atoms with E-state index in [1.807, 2.05) is 13.0 Å². The lowest BCUT2D eigenvalue weighted by atomic mass is 10.1. The maximum Gasteiger partial charge on any atom is 0.409 e. The number of hydrogen-bond donors (Lipinski definition) is 1. The van der Waals surface area contributed by atoms with E-state index in [1.54, 1.807) is 24.0 Å². The van der Waals surface area contributed by atoms with Crippen LogP contribution < -0.4 is 10.2 Å². The molecular formula is C19H26ClN3O4. The number of carbonyl (C=O) groups excluding carboxylic acids is 3. The molecule has 3 amide bonds. The number of rotatable bonds is 5. The van der Waals surface area contributed by atoms with Crippen LogP contribution in [0.25, 0.3) is 0 Å². The van der Waals surface area contributed by atoms with E-state index < -0.39 is 0 Å². The van der Waals surface area contributed by atoms with Gasteiger partial charge >= 0.3 is 6.09 Å². The van der Waals surface area contributed by atoms with Crippen LogP contribution in [0.1, 0.15) is 32.3 Å². The summed E-state index contributed by atoms with van der Waals surface area (Å²) in [6.07, 6.45) is 0.989. The quantitative estimate of drug-likeness (QED) is 0.831. The molecule has 1 aliphatic heterocycles. The molecule has 1 fully saturated rings. The SMILES string of the molecule is CCOC(=O)N1CCC(NC(=O)CN(C(C)=O)c2cc(Cl)ccc2C)CC1. The number of carbonyl (C=O) groups is 3. The number of hydrogen-bond acceptors (Lipinski definition) is 4. The van der Waals surface area contributed by atoms with Gasteiger partial charge in [0.05, 0.1) is 6.61 Å². The summed E-state index contributed by atoms with van der Waals surface area (Å²) in [7, 11) is 0. The molecule has 7 nitrogen and oxygen atoms in total. The smallest absolute Gasteiger partial charge is 0.409 e. The van der Waals surface area contributed by atoms with Gasteiger partial charge in [0.1, 0.15) is 6.54 Å². The Morgan fingerprint density at radius 1 is 1.30 bits per heavy atom. The van der Waals surface area contributed by atoms with Gasteiger partial charge in [0.25, 0.3) is 0 Å². The van der Waals surface area contributed by atoms with Crippen LogP contribution in [-0.2, 0) is 14.3 Å². The molecule has 8 heteroatoms. The van der Waals surface area contributed by atoms with Crippen LogP contribution in [0.5, 0.6) is 0 Å². The molecule has 0 saturated carbocycles. The first-order valence-corrected chi connectivity index (χ1v) is 9.45. The zero-order chi connectivity index (χ0) is 20.0. The third-order valence-corrected chi connectivity index (χ3v) is 4.76. The molecule has 1 aliphatic rings. The minimum absolute atomic E-state index is 0.0301. The van der Waals surface area contributed by atoms with Gasteiger partial charge in [-0.3, -0.25) is 9.59 Å². The Morgan fingerprint density at radius 3 is 2.56 bits per heavy atom. The topological polar surface area (TPSA) is 79.0 Å². The molecule has 0 unspecified atom stereocenters. The second-order valence-corrected chi connectivity index (χ2v) is 7.00. The standard InChI is InChI=1S/C19H26ClN3O4/c1-4-27-19(26)22-9-7-16(8-10-22)21-18(25)12-23(14(3)24)17-11-15(20)6-5-13(17)2/h5-6,11,16H,4,7-10,12H2,1-3H3,(H,21,25). The summed E-state index contributed by atoms with van der Waals surface area (Å²) in [6.45, 7) is 6.40. The van der Waals surface area contributed by atoms with E-state index in [1.165, 1.54) is 11.8 Å². The fraction of sp³-hybridized carbons (Fsp3) is 0.526. The van der Waals surface area contributed by atoms with Crippen molar-refractivity contribution in [2.45, 2.75) is 39.7 Å². The number of piperidine rings is 1. The van der Waals surface area contributed by atoms with Crippen molar-refractivity contribution in [2.75, 3.05) is 31.1 Å². The fourth-order valence-electron chi connectivity index (χ4n) is 3.08. The maximum atomic E-state index is 12.5. The van der Waals surface area contributed by atoms with Crippen molar-refractivity contribution in [2.24, 2.45) is 0 Å². The Hall–Kier alpha value is -2.28. The van der Waals surface area contributed by atoms with E-state index in [0.29, 0.717) is 43.2 Å². The summed E-state index contributed by atoms with van der Waals surface area (Å²) in [5.41, 5.74) is 1.49. The van der Waals surface area contributed by atoms with Gasteiger partial charge in [-0.05, 0) is 44.4 Å². The molecule has 27 heavy (non-hydrogen) atoms. The number of ether oxygens (including phenoxy) is 1. The number of aryl methyl sites for hydroxylation is 1. The number of halogens is 1. The maximum absolute atomic E-state index is 12.5. The average Bonchev–Trinajstić information content (AvgIpc) is 2.62. The molecule has 1 N–H and O–H groups in total. The largest absolute Gasteiger partial charge is 0.450 e. The monoisotopic (exact) mass is 395 g/mol. The van der Waals surface area contributed by atoms with Gasteiger partial charge in [-0.25, -0.2) is 4.79 Å². The Bertz CT molecular complexity index is 702. The third kappa shape index (κ3) is 5.85. The highest BCUT2D eigenvalue weighted by Gasteiger charge is 2.26. The molecule has 1 heterocycles. The van der Waals surface area contributed by atoms with Crippen molar-refractivity contribution in [3.63, 3.8) is 0 Å². The van der Waals surface area contributed by atoms with Crippen LogP contribution in [0.2, 0.25) is 5.02 Å². The van der Waals surface area contributed by atoms with Crippen LogP contribution in [0, 0.1) is 6.92 Å². The zero-order valence-corrected chi connectivity index (χ0v) is 16.7. The first-order valence-electron chi connectivity index (χ1n) is 9.07. The molecule has 0 aromatic heterocycles. The predicted octanol–water partition coefficient (Wildman–Crippen LogP) is 2.74. The van der Waals surface area contributed by atoms with Gasteiger partial charge in [0.15, 0.2) is 0 Å². The van der Waals surface area contributed by atoms with Crippen LogP contribution in [0.15, 0.2) is 18.2 Å². The Balaban J connectivity index is 1.93. The van der Waals surface area contributed by atoms with Crippen LogP contribution in [0.3, 0.4) is 0 Å². The van der Waals surface area contributed by atoms with Crippen molar-refractivity contribution < 1.29 is 19.1 Å². The van der Waals surface area contributed by atoms with E-state index in [-0.39, 0.29) is 30.5 Å². The fourth-order valence-corrected chi connectivity index (χ4v) is 3.24. The van der Waals surface area contributed by atoms with Crippen LogP contribution >= 0.6 is 11.6 Å². The number of nitrogens with one attached hydrogen (secondary N) is 1. The summed E-state index contributed by atoms with van der Waals surface area (Å²) in [4.78, 5) is 39.3. The lowest BCUT2D eigenvalue weighted by molar-refractivity contribution is -0.123. The van der Waals surface area contributed by atoms with E-state index in [2.05, 4.69) is 5.32 Å². The molecule has 1 aromatic rings. The number of nitrogens with zero attached hydrogens (tertiary/aromatic N) is 2. The van der Waals surface area contributed by atoms with Gasteiger partial charge in [-0.2, -0.15) is 0 Å². The molecule has 2 rings (SSSR count). The third-order valence-electron chi connectivity index (χ3n) is 4.53. The summed E-state index contributed by atoms with van der Waals surface area (Å²) < 4.78 is 4.99. The molecule has 1 aromatic carbocycles. The normalized spacial score (nSPS) is 14.6. The molecule has 0 spiro atoms. The molecule has 0 bridgehead atoms. The number of benzene rings is 1. The highest BCUT2D eigenvalue weighted by atomic mass is 35.5. The zero-order valence-electron chi connectivity index (χ0n) is 16.0. The highest BCUT2D eigenvalue weighted by Crippen LogP contribution is 2.24. The number of amides is 3. The van der Waals surface area contributed by atoms with E-state index in [0.717, 1.165) is 5.56 Å².